The summed E-state index contributed by atoms with van der Waals surface area (Å²) in [4.78, 5) is 12.4. The standard InChI is InChI=1S/C16H16BrNO3S/c1-12-3-9-15(10-4-12)22(20,21)18(2)11-16(19)13-5-7-14(17)8-6-13/h3-10H,11H2,1-2H3. The van der Waals surface area contributed by atoms with E-state index in [2.05, 4.69) is 15.9 Å². The lowest BCUT2D eigenvalue weighted by Gasteiger charge is -2.16. The predicted octanol–water partition coefficient (Wildman–Crippen LogP) is 3.26. The number of hydrogen-bond acceptors (Lipinski definition) is 3. The Labute approximate surface area is 138 Å². The van der Waals surface area contributed by atoms with Crippen molar-refractivity contribution in [3.8, 4) is 0 Å². The maximum absolute atomic E-state index is 12.4. The zero-order chi connectivity index (χ0) is 16.3. The van der Waals surface area contributed by atoms with Crippen molar-refractivity contribution in [2.75, 3.05) is 13.6 Å². The molecule has 0 aromatic heterocycles. The van der Waals surface area contributed by atoms with E-state index in [9.17, 15) is 13.2 Å². The summed E-state index contributed by atoms with van der Waals surface area (Å²) in [7, 11) is -2.26. The largest absolute Gasteiger partial charge is 0.293 e. The minimum Gasteiger partial charge on any atom is -0.293 e. The van der Waals surface area contributed by atoms with Crippen molar-refractivity contribution in [2.24, 2.45) is 0 Å². The Bertz CT molecular complexity index is 768. The van der Waals surface area contributed by atoms with Crippen molar-refractivity contribution in [1.82, 2.24) is 4.31 Å². The summed E-state index contributed by atoms with van der Waals surface area (Å²) in [6, 6.07) is 13.4. The fraction of sp³-hybridized carbons (Fsp3) is 0.188. The summed E-state index contributed by atoms with van der Waals surface area (Å²) in [5, 5.41) is 0. The molecule has 0 aliphatic carbocycles. The Morgan fingerprint density at radius 3 is 2.14 bits per heavy atom. The van der Waals surface area contributed by atoms with Gasteiger partial charge in [-0.15, -0.1) is 0 Å². The van der Waals surface area contributed by atoms with E-state index >= 15 is 0 Å². The van der Waals surface area contributed by atoms with E-state index in [0.717, 1.165) is 14.3 Å². The van der Waals surface area contributed by atoms with E-state index in [1.165, 1.54) is 7.05 Å². The average molecular weight is 382 g/mol. The lowest BCUT2D eigenvalue weighted by molar-refractivity contribution is 0.0973. The highest BCUT2D eigenvalue weighted by Gasteiger charge is 2.23. The molecule has 0 aliphatic heterocycles. The van der Waals surface area contributed by atoms with E-state index < -0.39 is 10.0 Å². The number of ketones is 1. The summed E-state index contributed by atoms with van der Waals surface area (Å²) in [6.07, 6.45) is 0. The van der Waals surface area contributed by atoms with Crippen LogP contribution in [0, 0.1) is 6.92 Å². The van der Waals surface area contributed by atoms with Gasteiger partial charge in [0, 0.05) is 17.1 Å². The fourth-order valence-electron chi connectivity index (χ4n) is 1.90. The highest BCUT2D eigenvalue weighted by atomic mass is 79.9. The number of benzene rings is 2. The first-order chi connectivity index (χ1) is 10.3. The molecule has 0 fully saturated rings. The number of aryl methyl sites for hydroxylation is 1. The zero-order valence-corrected chi connectivity index (χ0v) is 14.7. The molecule has 0 unspecified atom stereocenters. The summed E-state index contributed by atoms with van der Waals surface area (Å²) >= 11 is 3.30. The van der Waals surface area contributed by atoms with E-state index in [4.69, 9.17) is 0 Å². The first-order valence-corrected chi connectivity index (χ1v) is 8.86. The Morgan fingerprint density at radius 1 is 1.05 bits per heavy atom. The van der Waals surface area contributed by atoms with Gasteiger partial charge in [0.05, 0.1) is 11.4 Å². The minimum atomic E-state index is -3.66. The molecule has 0 amide bonds. The van der Waals surface area contributed by atoms with E-state index in [1.807, 2.05) is 6.92 Å². The van der Waals surface area contributed by atoms with Gasteiger partial charge in [-0.2, -0.15) is 4.31 Å². The lowest BCUT2D eigenvalue weighted by Crippen LogP contribution is -2.32. The third-order valence-corrected chi connectivity index (χ3v) is 5.61. The number of carbonyl (C=O) groups is 1. The zero-order valence-electron chi connectivity index (χ0n) is 12.3. The number of rotatable bonds is 5. The van der Waals surface area contributed by atoms with Crippen LogP contribution >= 0.6 is 15.9 Å². The van der Waals surface area contributed by atoms with Crippen LogP contribution in [0.15, 0.2) is 57.9 Å². The van der Waals surface area contributed by atoms with Crippen LogP contribution in [0.5, 0.6) is 0 Å². The van der Waals surface area contributed by atoms with Gasteiger partial charge in [-0.3, -0.25) is 4.79 Å². The third-order valence-electron chi connectivity index (χ3n) is 3.26. The predicted molar refractivity (Wildman–Crippen MR) is 89.5 cm³/mol. The Morgan fingerprint density at radius 2 is 1.59 bits per heavy atom. The number of likely N-dealkylation sites (N-methyl/N-ethyl adjacent to an activating group) is 1. The minimum absolute atomic E-state index is 0.184. The van der Waals surface area contributed by atoms with Gasteiger partial charge in [-0.05, 0) is 31.2 Å². The van der Waals surface area contributed by atoms with Gasteiger partial charge >= 0.3 is 0 Å². The molecular weight excluding hydrogens is 366 g/mol. The van der Waals surface area contributed by atoms with Crippen molar-refractivity contribution in [1.29, 1.82) is 0 Å². The quantitative estimate of drug-likeness (QED) is 0.746. The molecule has 0 spiro atoms. The van der Waals surface area contributed by atoms with Gasteiger partial charge in [-0.1, -0.05) is 45.8 Å². The summed E-state index contributed by atoms with van der Waals surface area (Å²) in [5.74, 6) is -0.245. The molecule has 6 heteroatoms. The monoisotopic (exact) mass is 381 g/mol. The van der Waals surface area contributed by atoms with Crippen molar-refractivity contribution < 1.29 is 13.2 Å². The number of carbonyl (C=O) groups excluding carboxylic acids is 1. The van der Waals surface area contributed by atoms with Crippen LogP contribution in [0.3, 0.4) is 0 Å². The second kappa shape index (κ2) is 6.73. The van der Waals surface area contributed by atoms with Gasteiger partial charge in [-0.25, -0.2) is 8.42 Å². The number of Topliss-reactive ketones (excluding diaryl/α,β-unsaturated/α-hetero) is 1. The molecular formula is C16H16BrNO3S. The molecule has 2 aromatic carbocycles. The molecule has 0 heterocycles. The molecule has 2 aromatic rings. The Balaban J connectivity index is 2.17. The molecule has 0 aliphatic rings. The van der Waals surface area contributed by atoms with E-state index in [1.54, 1.807) is 48.5 Å². The number of halogens is 1. The molecule has 0 atom stereocenters. The van der Waals surface area contributed by atoms with Crippen molar-refractivity contribution in [2.45, 2.75) is 11.8 Å². The molecule has 2 rings (SSSR count). The average Bonchev–Trinajstić information content (AvgIpc) is 2.48. The van der Waals surface area contributed by atoms with Crippen molar-refractivity contribution >= 4 is 31.7 Å². The SMILES string of the molecule is Cc1ccc(S(=O)(=O)N(C)CC(=O)c2ccc(Br)cc2)cc1. The van der Waals surface area contributed by atoms with Crippen molar-refractivity contribution in [3.05, 3.63) is 64.1 Å². The topological polar surface area (TPSA) is 54.5 Å². The number of nitrogens with zero attached hydrogens (tertiary/aromatic N) is 1. The van der Waals surface area contributed by atoms with Crippen LogP contribution in [0.25, 0.3) is 0 Å². The van der Waals surface area contributed by atoms with Crippen LogP contribution in [-0.2, 0) is 10.0 Å². The second-order valence-electron chi connectivity index (χ2n) is 5.00. The Hall–Kier alpha value is -1.50. The molecule has 4 nitrogen and oxygen atoms in total. The van der Waals surface area contributed by atoms with Crippen molar-refractivity contribution in [3.63, 3.8) is 0 Å². The van der Waals surface area contributed by atoms with E-state index in [0.29, 0.717) is 5.56 Å². The molecule has 116 valence electrons. The summed E-state index contributed by atoms with van der Waals surface area (Å²) < 4.78 is 26.8. The van der Waals surface area contributed by atoms with E-state index in [-0.39, 0.29) is 17.2 Å². The molecule has 22 heavy (non-hydrogen) atoms. The first-order valence-electron chi connectivity index (χ1n) is 6.62. The van der Waals surface area contributed by atoms with Gasteiger partial charge in [0.1, 0.15) is 0 Å². The van der Waals surface area contributed by atoms with Crippen LogP contribution in [0.2, 0.25) is 0 Å². The van der Waals surface area contributed by atoms with Gasteiger partial charge in [0.25, 0.3) is 0 Å². The summed E-state index contributed by atoms with van der Waals surface area (Å²) in [5.41, 5.74) is 1.46. The first kappa shape index (κ1) is 16.9. The molecule has 0 N–H and O–H groups in total. The second-order valence-corrected chi connectivity index (χ2v) is 7.96. The highest BCUT2D eigenvalue weighted by Crippen LogP contribution is 2.16. The van der Waals surface area contributed by atoms with Gasteiger partial charge in [0.15, 0.2) is 5.78 Å². The molecule has 0 bridgehead atoms. The van der Waals surface area contributed by atoms with Crippen LogP contribution < -0.4 is 0 Å². The van der Waals surface area contributed by atoms with Gasteiger partial charge in [0.2, 0.25) is 10.0 Å². The third kappa shape index (κ3) is 3.82. The van der Waals surface area contributed by atoms with Crippen LogP contribution in [0.4, 0.5) is 0 Å². The highest BCUT2D eigenvalue weighted by molar-refractivity contribution is 9.10. The van der Waals surface area contributed by atoms with Crippen LogP contribution in [0.1, 0.15) is 15.9 Å². The summed E-state index contributed by atoms with van der Waals surface area (Å²) in [6.45, 7) is 1.69. The van der Waals surface area contributed by atoms with Gasteiger partial charge < -0.3 is 0 Å². The fourth-order valence-corrected chi connectivity index (χ4v) is 3.30. The Kier molecular flexibility index (Phi) is 5.16. The lowest BCUT2D eigenvalue weighted by atomic mass is 10.1. The molecule has 0 saturated carbocycles. The molecule has 0 radical (unpaired) electrons. The normalized spacial score (nSPS) is 11.6. The smallest absolute Gasteiger partial charge is 0.243 e. The van der Waals surface area contributed by atoms with Crippen LogP contribution in [-0.4, -0.2) is 32.1 Å². The maximum Gasteiger partial charge on any atom is 0.243 e. The maximum atomic E-state index is 12.4. The number of hydrogen-bond donors (Lipinski definition) is 0. The number of sulfonamides is 1. The molecule has 0 saturated heterocycles.